The summed E-state index contributed by atoms with van der Waals surface area (Å²) in [6, 6.07) is 2.38. The highest BCUT2D eigenvalue weighted by Gasteiger charge is 2.41. The second kappa shape index (κ2) is 12.5. The van der Waals surface area contributed by atoms with E-state index in [0.29, 0.717) is 12.1 Å². The summed E-state index contributed by atoms with van der Waals surface area (Å²) >= 11 is 5.65. The van der Waals surface area contributed by atoms with Gasteiger partial charge in [-0.1, -0.05) is 0 Å². The van der Waals surface area contributed by atoms with Crippen molar-refractivity contribution in [2.75, 3.05) is 38.7 Å². The first-order valence-electron chi connectivity index (χ1n) is 12.1. The molecule has 41 heavy (non-hydrogen) atoms. The quantitative estimate of drug-likeness (QED) is 0.247. The van der Waals surface area contributed by atoms with E-state index in [4.69, 9.17) is 30.5 Å². The van der Waals surface area contributed by atoms with E-state index >= 15 is 0 Å². The van der Waals surface area contributed by atoms with Crippen LogP contribution in [0.3, 0.4) is 0 Å². The van der Waals surface area contributed by atoms with Gasteiger partial charge < -0.3 is 18.9 Å². The van der Waals surface area contributed by atoms with Crippen LogP contribution >= 0.6 is 11.6 Å². The first-order chi connectivity index (χ1) is 19.2. The van der Waals surface area contributed by atoms with Crippen molar-refractivity contribution in [3.05, 3.63) is 52.6 Å². The van der Waals surface area contributed by atoms with Crippen molar-refractivity contribution in [2.45, 2.75) is 44.3 Å². The van der Waals surface area contributed by atoms with Crippen molar-refractivity contribution in [1.82, 2.24) is 4.90 Å². The van der Waals surface area contributed by atoms with E-state index < -0.39 is 59.9 Å². The molecule has 2 aromatic rings. The Kier molecular flexibility index (Phi) is 9.77. The summed E-state index contributed by atoms with van der Waals surface area (Å²) in [6.45, 7) is 0.860. The number of alkyl halides is 7. The summed E-state index contributed by atoms with van der Waals surface area (Å²) < 4.78 is 102. The average Bonchev–Trinajstić information content (AvgIpc) is 2.91. The molecule has 0 saturated heterocycles. The van der Waals surface area contributed by atoms with Gasteiger partial charge in [0.1, 0.15) is 6.61 Å². The fourth-order valence-electron chi connectivity index (χ4n) is 4.65. The average molecular weight is 613 g/mol. The number of rotatable bonds is 7. The molecule has 0 radical (unpaired) electrons. The van der Waals surface area contributed by atoms with Crippen LogP contribution in [-0.4, -0.2) is 56.9 Å². The molecule has 0 bridgehead atoms. The maximum atomic E-state index is 13.5. The molecule has 15 heteroatoms. The summed E-state index contributed by atoms with van der Waals surface area (Å²) in [4.78, 5) is 28.3. The summed E-state index contributed by atoms with van der Waals surface area (Å²) in [5.74, 6) is 0.442. The Balaban J connectivity index is 2.19. The highest BCUT2D eigenvalue weighted by Crippen LogP contribution is 2.47. The van der Waals surface area contributed by atoms with Crippen LogP contribution in [0.15, 0.2) is 30.3 Å². The normalized spacial score (nSPS) is 17.0. The molecule has 1 aliphatic rings. The van der Waals surface area contributed by atoms with Crippen molar-refractivity contribution in [2.24, 2.45) is 0 Å². The number of benzene rings is 2. The highest BCUT2D eigenvalue weighted by atomic mass is 35.5. The second-order valence-corrected chi connectivity index (χ2v) is 9.43. The maximum Gasteiger partial charge on any atom is 0.416 e. The minimum absolute atomic E-state index is 0.00540. The van der Waals surface area contributed by atoms with Gasteiger partial charge in [0.05, 0.1) is 50.1 Å². The standard InChI is InChI=1S/C26H27ClF6N2O6/c1-14-7-19(18-11-21(38-2)22(39-3)12-20(18)35(14)24(37)41-6-5-27)34(23(36)40-4)13-15-8-16(25(28,29)30)10-17(9-15)26(31,32)33/h8-12,14,19H,5-7,13H2,1-4H3/t14-,19+/m0/s1. The van der Waals surface area contributed by atoms with E-state index in [1.807, 2.05) is 0 Å². The van der Waals surface area contributed by atoms with E-state index in [2.05, 4.69) is 0 Å². The SMILES string of the molecule is COC(=O)N(Cc1cc(C(F)(F)F)cc(C(F)(F)F)c1)[C@@H]1C[C@H](C)N(C(=O)OCCCl)c2cc(OC)c(OC)cc21. The maximum absolute atomic E-state index is 13.5. The summed E-state index contributed by atoms with van der Waals surface area (Å²) in [7, 11) is 3.73. The Morgan fingerprint density at radius 1 is 0.951 bits per heavy atom. The molecule has 0 aromatic heterocycles. The Hall–Kier alpha value is -3.55. The van der Waals surface area contributed by atoms with E-state index in [1.54, 1.807) is 6.92 Å². The molecule has 0 saturated carbocycles. The number of anilines is 1. The Bertz CT molecular complexity index is 1240. The van der Waals surface area contributed by atoms with Crippen molar-refractivity contribution in [1.29, 1.82) is 0 Å². The van der Waals surface area contributed by atoms with Gasteiger partial charge in [-0.2, -0.15) is 26.3 Å². The zero-order valence-electron chi connectivity index (χ0n) is 22.4. The van der Waals surface area contributed by atoms with Crippen molar-refractivity contribution in [3.8, 4) is 11.5 Å². The van der Waals surface area contributed by atoms with Gasteiger partial charge in [-0.15, -0.1) is 11.6 Å². The monoisotopic (exact) mass is 612 g/mol. The predicted molar refractivity (Wildman–Crippen MR) is 135 cm³/mol. The van der Waals surface area contributed by atoms with E-state index in [9.17, 15) is 35.9 Å². The first kappa shape index (κ1) is 32.0. The molecule has 2 atom stereocenters. The van der Waals surface area contributed by atoms with Crippen LogP contribution in [0.1, 0.15) is 41.6 Å². The molecule has 1 heterocycles. The topological polar surface area (TPSA) is 77.5 Å². The largest absolute Gasteiger partial charge is 0.493 e. The second-order valence-electron chi connectivity index (χ2n) is 9.05. The van der Waals surface area contributed by atoms with E-state index in [0.717, 1.165) is 12.0 Å². The zero-order valence-corrected chi connectivity index (χ0v) is 23.1. The molecule has 1 aliphatic heterocycles. The number of ether oxygens (including phenoxy) is 4. The number of hydrogen-bond donors (Lipinski definition) is 0. The smallest absolute Gasteiger partial charge is 0.416 e. The number of hydrogen-bond acceptors (Lipinski definition) is 6. The molecule has 0 aliphatic carbocycles. The summed E-state index contributed by atoms with van der Waals surface area (Å²) in [5.41, 5.74) is -2.97. The van der Waals surface area contributed by atoms with Gasteiger partial charge in [-0.05, 0) is 43.2 Å². The van der Waals surface area contributed by atoms with Crippen LogP contribution in [-0.2, 0) is 28.4 Å². The highest BCUT2D eigenvalue weighted by molar-refractivity contribution is 6.18. The van der Waals surface area contributed by atoms with Gasteiger partial charge in [0, 0.05) is 24.2 Å². The van der Waals surface area contributed by atoms with Crippen molar-refractivity contribution >= 4 is 29.5 Å². The lowest BCUT2D eigenvalue weighted by Crippen LogP contribution is -2.47. The van der Waals surface area contributed by atoms with Gasteiger partial charge in [-0.25, -0.2) is 9.59 Å². The summed E-state index contributed by atoms with van der Waals surface area (Å²) in [6.07, 6.45) is -11.9. The molecule has 0 spiro atoms. The molecule has 0 fully saturated rings. The zero-order chi connectivity index (χ0) is 30.7. The third-order valence-electron chi connectivity index (χ3n) is 6.44. The Morgan fingerprint density at radius 3 is 2.00 bits per heavy atom. The lowest BCUT2D eigenvalue weighted by molar-refractivity contribution is -0.143. The molecule has 0 N–H and O–H groups in total. The molecule has 2 aromatic carbocycles. The number of carbonyl (C=O) groups is 2. The van der Waals surface area contributed by atoms with Crippen molar-refractivity contribution < 1.29 is 54.9 Å². The fourth-order valence-corrected chi connectivity index (χ4v) is 4.72. The molecular weight excluding hydrogens is 586 g/mol. The van der Waals surface area contributed by atoms with Gasteiger partial charge in [0.25, 0.3) is 0 Å². The number of fused-ring (bicyclic) bond motifs is 1. The van der Waals surface area contributed by atoms with Crippen LogP contribution in [0.25, 0.3) is 0 Å². The van der Waals surface area contributed by atoms with Crippen LogP contribution in [0.4, 0.5) is 41.6 Å². The number of methoxy groups -OCH3 is 3. The molecular formula is C26H27ClF6N2O6. The third kappa shape index (κ3) is 7.03. The number of nitrogens with zero attached hydrogens (tertiary/aromatic N) is 2. The van der Waals surface area contributed by atoms with Crippen LogP contribution in [0, 0.1) is 0 Å². The van der Waals surface area contributed by atoms with Crippen molar-refractivity contribution in [3.63, 3.8) is 0 Å². The lowest BCUT2D eigenvalue weighted by Gasteiger charge is -2.42. The van der Waals surface area contributed by atoms with E-state index in [-0.39, 0.29) is 47.7 Å². The van der Waals surface area contributed by atoms with Gasteiger partial charge in [-0.3, -0.25) is 9.80 Å². The minimum atomic E-state index is -5.08. The van der Waals surface area contributed by atoms with Crippen LogP contribution < -0.4 is 14.4 Å². The third-order valence-corrected chi connectivity index (χ3v) is 6.60. The fraction of sp³-hybridized carbons (Fsp3) is 0.462. The van der Waals surface area contributed by atoms with Gasteiger partial charge in [0.2, 0.25) is 0 Å². The Labute approximate surface area is 236 Å². The molecule has 3 rings (SSSR count). The van der Waals surface area contributed by atoms with Gasteiger partial charge in [0.15, 0.2) is 11.5 Å². The lowest BCUT2D eigenvalue weighted by atomic mass is 9.90. The number of amides is 2. The molecule has 8 nitrogen and oxygen atoms in total. The Morgan fingerprint density at radius 2 is 1.51 bits per heavy atom. The molecule has 0 unspecified atom stereocenters. The van der Waals surface area contributed by atoms with Crippen LogP contribution in [0.5, 0.6) is 11.5 Å². The van der Waals surface area contributed by atoms with E-state index in [1.165, 1.54) is 31.3 Å². The number of carbonyl (C=O) groups excluding carboxylic acids is 2. The predicted octanol–water partition coefficient (Wildman–Crippen LogP) is 7.03. The molecule has 2 amide bonds. The minimum Gasteiger partial charge on any atom is -0.493 e. The molecule has 226 valence electrons. The van der Waals surface area contributed by atoms with Gasteiger partial charge >= 0.3 is 24.5 Å². The number of halogens is 7. The van der Waals surface area contributed by atoms with Crippen LogP contribution in [0.2, 0.25) is 0 Å². The summed E-state index contributed by atoms with van der Waals surface area (Å²) in [5, 5.41) is 0. The first-order valence-corrected chi connectivity index (χ1v) is 12.6.